The average Bonchev–Trinajstić information content (AvgIpc) is 3.67. The fourth-order valence-electron chi connectivity index (χ4n) is 4.06. The summed E-state index contributed by atoms with van der Waals surface area (Å²) in [6.45, 7) is 1.94. The van der Waals surface area contributed by atoms with Gasteiger partial charge in [-0.1, -0.05) is 6.07 Å². The Morgan fingerprint density at radius 1 is 0.769 bits per heavy atom. The van der Waals surface area contributed by atoms with Gasteiger partial charge in [-0.05, 0) is 37.1 Å². The van der Waals surface area contributed by atoms with Crippen LogP contribution in [-0.4, -0.2) is 57.1 Å². The Morgan fingerprint density at radius 2 is 1.51 bits per heavy atom. The van der Waals surface area contributed by atoms with Crippen LogP contribution in [0.4, 0.5) is 32.3 Å². The molecule has 5 aromatic heterocycles. The molecule has 1 aliphatic rings. The molecule has 0 radical (unpaired) electrons. The lowest BCUT2D eigenvalue weighted by Gasteiger charge is -2.10. The van der Waals surface area contributed by atoms with Gasteiger partial charge in [0.05, 0.1) is 5.56 Å². The molecule has 0 aromatic carbocycles. The number of halogens is 6. The second kappa shape index (κ2) is 10.1. The fraction of sp³-hybridized carbons (Fsp3) is 0.391. The van der Waals surface area contributed by atoms with Crippen molar-refractivity contribution in [3.05, 3.63) is 65.8 Å². The third kappa shape index (κ3) is 5.93. The molecule has 6 rings (SSSR count). The zero-order valence-corrected chi connectivity index (χ0v) is 20.5. The Kier molecular flexibility index (Phi) is 6.86. The van der Waals surface area contributed by atoms with Gasteiger partial charge in [0.25, 0.3) is 5.82 Å². The van der Waals surface area contributed by atoms with Crippen molar-refractivity contribution in [3.63, 3.8) is 0 Å². The number of hydrogen-bond donors (Lipinski definition) is 0. The molecular formula is C23H22F6N10. The molecule has 0 aliphatic carbocycles. The molecule has 0 unspecified atom stereocenters. The minimum Gasteiger partial charge on any atom is -0.340 e. The molecular weight excluding hydrogens is 530 g/mol. The Hall–Kier alpha value is -4.24. The van der Waals surface area contributed by atoms with E-state index < -0.39 is 23.7 Å². The van der Waals surface area contributed by atoms with E-state index in [-0.39, 0.29) is 11.3 Å². The van der Waals surface area contributed by atoms with Crippen LogP contribution in [0.1, 0.15) is 35.9 Å². The SMILES string of the molecule is Cn1nc(N2CCCC2)nc1CCc1nc2cc(C(F)(F)F)ccn2n1.FC(F)(F)c1nc2ccccn2n1. The van der Waals surface area contributed by atoms with Gasteiger partial charge in [0.1, 0.15) is 5.82 Å². The second-order valence-corrected chi connectivity index (χ2v) is 8.83. The standard InChI is InChI=1S/C16H18F3N7.C7H4F3N3/c1-24-13(21-15(23-24)25-7-2-3-8-25)5-4-12-20-14-10-11(16(17,18)19)6-9-26(14)22-12;8-7(9,10)6-11-5-3-1-2-4-13(5)12-6/h6,9-10H,2-5,7-8H2,1H3;1-4H. The van der Waals surface area contributed by atoms with Gasteiger partial charge in [-0.2, -0.15) is 36.4 Å². The molecule has 16 heteroatoms. The van der Waals surface area contributed by atoms with Gasteiger partial charge in [0, 0.05) is 45.4 Å². The number of anilines is 1. The van der Waals surface area contributed by atoms with Crippen LogP contribution in [0.3, 0.4) is 0 Å². The lowest BCUT2D eigenvalue weighted by Crippen LogP contribution is -2.19. The number of alkyl halides is 6. The molecule has 1 saturated heterocycles. The first-order valence-corrected chi connectivity index (χ1v) is 11.9. The summed E-state index contributed by atoms with van der Waals surface area (Å²) >= 11 is 0. The summed E-state index contributed by atoms with van der Waals surface area (Å²) in [5.41, 5.74) is -0.354. The van der Waals surface area contributed by atoms with E-state index in [1.807, 2.05) is 7.05 Å². The first-order chi connectivity index (χ1) is 18.5. The van der Waals surface area contributed by atoms with Gasteiger partial charge >= 0.3 is 12.4 Å². The smallest absolute Gasteiger partial charge is 0.340 e. The summed E-state index contributed by atoms with van der Waals surface area (Å²) in [4.78, 5) is 14.2. The molecule has 0 bridgehead atoms. The van der Waals surface area contributed by atoms with E-state index in [1.165, 1.54) is 23.0 Å². The first kappa shape index (κ1) is 26.4. The summed E-state index contributed by atoms with van der Waals surface area (Å²) < 4.78 is 78.8. The summed E-state index contributed by atoms with van der Waals surface area (Å²) in [7, 11) is 1.84. The minimum atomic E-state index is -4.48. The van der Waals surface area contributed by atoms with E-state index in [0.717, 1.165) is 54.4 Å². The van der Waals surface area contributed by atoms with Crippen molar-refractivity contribution in [1.82, 2.24) is 44.0 Å². The molecule has 0 amide bonds. The number of rotatable bonds is 4. The van der Waals surface area contributed by atoms with Crippen LogP contribution in [0.25, 0.3) is 11.3 Å². The maximum Gasteiger partial charge on any atom is 0.453 e. The van der Waals surface area contributed by atoms with Crippen LogP contribution in [-0.2, 0) is 32.2 Å². The van der Waals surface area contributed by atoms with Crippen molar-refractivity contribution in [3.8, 4) is 0 Å². The van der Waals surface area contributed by atoms with Crippen molar-refractivity contribution in [2.45, 2.75) is 38.0 Å². The molecule has 39 heavy (non-hydrogen) atoms. The maximum atomic E-state index is 12.8. The molecule has 6 heterocycles. The average molecular weight is 552 g/mol. The Balaban J connectivity index is 0.000000198. The highest BCUT2D eigenvalue weighted by molar-refractivity contribution is 5.41. The molecule has 0 saturated carbocycles. The Morgan fingerprint density at radius 3 is 2.21 bits per heavy atom. The summed E-state index contributed by atoms with van der Waals surface area (Å²) in [6.07, 6.45) is -2.82. The van der Waals surface area contributed by atoms with Crippen molar-refractivity contribution in [2.24, 2.45) is 7.05 Å². The summed E-state index contributed by atoms with van der Waals surface area (Å²) in [6, 6.07) is 6.65. The number of aryl methyl sites for hydroxylation is 3. The van der Waals surface area contributed by atoms with E-state index in [1.54, 1.807) is 16.8 Å². The monoisotopic (exact) mass is 552 g/mol. The zero-order chi connectivity index (χ0) is 27.8. The molecule has 0 atom stereocenters. The van der Waals surface area contributed by atoms with Crippen LogP contribution in [0.5, 0.6) is 0 Å². The number of pyridine rings is 2. The molecule has 0 N–H and O–H groups in total. The summed E-state index contributed by atoms with van der Waals surface area (Å²) in [5.74, 6) is 0.910. The number of aromatic nitrogens is 9. The Labute approximate surface area is 216 Å². The molecule has 1 fully saturated rings. The minimum absolute atomic E-state index is 0.186. The van der Waals surface area contributed by atoms with E-state index in [9.17, 15) is 26.3 Å². The predicted octanol–water partition coefficient (Wildman–Crippen LogP) is 4.01. The van der Waals surface area contributed by atoms with Crippen LogP contribution in [0.15, 0.2) is 42.7 Å². The Bertz CT molecular complexity index is 1540. The van der Waals surface area contributed by atoms with Gasteiger partial charge in [0.15, 0.2) is 17.1 Å². The van der Waals surface area contributed by atoms with Crippen LogP contribution in [0.2, 0.25) is 0 Å². The van der Waals surface area contributed by atoms with Crippen molar-refractivity contribution in [2.75, 3.05) is 18.0 Å². The van der Waals surface area contributed by atoms with Gasteiger partial charge < -0.3 is 4.90 Å². The van der Waals surface area contributed by atoms with Gasteiger partial charge in [-0.3, -0.25) is 4.68 Å². The van der Waals surface area contributed by atoms with Crippen LogP contribution >= 0.6 is 0 Å². The number of hydrogen-bond acceptors (Lipinski definition) is 7. The molecule has 206 valence electrons. The predicted molar refractivity (Wildman–Crippen MR) is 126 cm³/mol. The molecule has 10 nitrogen and oxygen atoms in total. The lowest BCUT2D eigenvalue weighted by molar-refractivity contribution is -0.144. The normalized spacial score (nSPS) is 14.3. The van der Waals surface area contributed by atoms with Gasteiger partial charge in [0.2, 0.25) is 5.95 Å². The molecule has 5 aromatic rings. The highest BCUT2D eigenvalue weighted by atomic mass is 19.4. The number of fused-ring (bicyclic) bond motifs is 2. The number of nitrogens with zero attached hydrogens (tertiary/aromatic N) is 10. The lowest BCUT2D eigenvalue weighted by atomic mass is 10.2. The quantitative estimate of drug-likeness (QED) is 0.311. The second-order valence-electron chi connectivity index (χ2n) is 8.83. The van der Waals surface area contributed by atoms with E-state index in [0.29, 0.717) is 18.7 Å². The first-order valence-electron chi connectivity index (χ1n) is 11.9. The van der Waals surface area contributed by atoms with Gasteiger partial charge in [-0.15, -0.1) is 10.2 Å². The third-order valence-electron chi connectivity index (χ3n) is 6.01. The van der Waals surface area contributed by atoms with E-state index in [2.05, 4.69) is 35.1 Å². The maximum absolute atomic E-state index is 12.8. The molecule has 0 spiro atoms. The van der Waals surface area contributed by atoms with Gasteiger partial charge in [-0.25, -0.2) is 19.0 Å². The van der Waals surface area contributed by atoms with Crippen LogP contribution in [0, 0.1) is 0 Å². The van der Waals surface area contributed by atoms with E-state index >= 15 is 0 Å². The zero-order valence-electron chi connectivity index (χ0n) is 20.5. The van der Waals surface area contributed by atoms with Crippen molar-refractivity contribution in [1.29, 1.82) is 0 Å². The third-order valence-corrected chi connectivity index (χ3v) is 6.01. The summed E-state index contributed by atoms with van der Waals surface area (Å²) in [5, 5.41) is 11.9. The fourth-order valence-corrected chi connectivity index (χ4v) is 4.06. The van der Waals surface area contributed by atoms with Crippen molar-refractivity contribution < 1.29 is 26.3 Å². The van der Waals surface area contributed by atoms with E-state index in [4.69, 9.17) is 0 Å². The van der Waals surface area contributed by atoms with Crippen LogP contribution < -0.4 is 4.90 Å². The highest BCUT2D eigenvalue weighted by Crippen LogP contribution is 2.29. The largest absolute Gasteiger partial charge is 0.453 e. The highest BCUT2D eigenvalue weighted by Gasteiger charge is 2.36. The molecule has 1 aliphatic heterocycles. The topological polar surface area (TPSA) is 94.3 Å². The van der Waals surface area contributed by atoms with Crippen molar-refractivity contribution >= 4 is 17.2 Å².